The van der Waals surface area contributed by atoms with Gasteiger partial charge in [-0.05, 0) is 38.2 Å². The van der Waals surface area contributed by atoms with Crippen LogP contribution in [0.15, 0.2) is 48.7 Å². The number of ether oxygens (including phenoxy) is 1. The van der Waals surface area contributed by atoms with Gasteiger partial charge in [0.15, 0.2) is 0 Å². The number of carbonyl (C=O) groups is 2. The molecule has 0 aromatic rings. The first-order valence-electron chi connectivity index (χ1n) is 6.53. The van der Waals surface area contributed by atoms with Gasteiger partial charge in [-0.3, -0.25) is 14.4 Å². The Kier molecular flexibility index (Phi) is 5.55. The number of carboxylic acid groups (broad SMARTS) is 1. The van der Waals surface area contributed by atoms with E-state index in [1.165, 1.54) is 25.2 Å². The minimum absolute atomic E-state index is 0.0402. The number of aliphatic carboxylic acids is 1. The maximum atomic E-state index is 12.6. The molecule has 1 aliphatic carbocycles. The predicted octanol–water partition coefficient (Wildman–Crippen LogP) is 2.78. The van der Waals surface area contributed by atoms with Gasteiger partial charge in [-0.1, -0.05) is 18.7 Å². The van der Waals surface area contributed by atoms with Crippen molar-refractivity contribution in [3.05, 3.63) is 48.7 Å². The maximum absolute atomic E-state index is 12.6. The molecular formula is C15H16F3NO4. The van der Waals surface area contributed by atoms with Crippen LogP contribution in [0, 0.1) is 0 Å². The van der Waals surface area contributed by atoms with E-state index in [2.05, 4.69) is 11.3 Å². The van der Waals surface area contributed by atoms with E-state index < -0.39 is 29.9 Å². The van der Waals surface area contributed by atoms with Gasteiger partial charge in [0.1, 0.15) is 11.6 Å². The minimum Gasteiger partial charge on any atom is -0.480 e. The fourth-order valence-corrected chi connectivity index (χ4v) is 2.00. The van der Waals surface area contributed by atoms with Gasteiger partial charge in [0, 0.05) is 5.70 Å². The maximum Gasteiger partial charge on any atom is 0.523 e. The summed E-state index contributed by atoms with van der Waals surface area (Å²) < 4.78 is 41.7. The Balaban J connectivity index is 3.33. The number of halogens is 3. The SMILES string of the molecule is C=CC(=O)N(C1=CC(C)(OC(F)(F)F)C=CC=C1)[C@H](C)C(=O)O. The van der Waals surface area contributed by atoms with Crippen LogP contribution in [0.4, 0.5) is 13.2 Å². The van der Waals surface area contributed by atoms with E-state index in [1.807, 2.05) is 0 Å². The molecule has 1 N–H and O–H groups in total. The van der Waals surface area contributed by atoms with Crippen LogP contribution < -0.4 is 0 Å². The molecule has 1 unspecified atom stereocenters. The van der Waals surface area contributed by atoms with Crippen LogP contribution in [0.5, 0.6) is 0 Å². The Morgan fingerprint density at radius 1 is 1.43 bits per heavy atom. The average molecular weight is 331 g/mol. The standard InChI is InChI=1S/C15H16F3NO4/c1-4-12(20)19(10(2)13(21)22)11-7-5-6-8-14(3,9-11)23-15(16,17)18/h4-10H,1H2,2-3H3,(H,21,22)/t10-,14?/m1/s1. The second kappa shape index (κ2) is 6.82. The summed E-state index contributed by atoms with van der Waals surface area (Å²) in [7, 11) is 0. The van der Waals surface area contributed by atoms with Crippen molar-refractivity contribution in [1.82, 2.24) is 4.90 Å². The number of alkyl halides is 3. The van der Waals surface area contributed by atoms with E-state index in [-0.39, 0.29) is 5.70 Å². The van der Waals surface area contributed by atoms with Gasteiger partial charge < -0.3 is 5.11 Å². The molecule has 126 valence electrons. The van der Waals surface area contributed by atoms with Crippen molar-refractivity contribution in [2.45, 2.75) is 31.9 Å². The van der Waals surface area contributed by atoms with Crippen LogP contribution in [0.3, 0.4) is 0 Å². The van der Waals surface area contributed by atoms with E-state index in [9.17, 15) is 22.8 Å². The third-order valence-corrected chi connectivity index (χ3v) is 3.01. The number of hydrogen-bond acceptors (Lipinski definition) is 3. The van der Waals surface area contributed by atoms with Crippen LogP contribution >= 0.6 is 0 Å². The minimum atomic E-state index is -4.91. The van der Waals surface area contributed by atoms with Crippen molar-refractivity contribution in [3.8, 4) is 0 Å². The summed E-state index contributed by atoms with van der Waals surface area (Å²) in [4.78, 5) is 24.0. The molecule has 0 bridgehead atoms. The highest BCUT2D eigenvalue weighted by atomic mass is 19.4. The van der Waals surface area contributed by atoms with Gasteiger partial charge in [-0.15, -0.1) is 13.2 Å². The Labute approximate surface area is 131 Å². The molecule has 0 radical (unpaired) electrons. The van der Waals surface area contributed by atoms with E-state index in [1.54, 1.807) is 0 Å². The quantitative estimate of drug-likeness (QED) is 0.787. The van der Waals surface area contributed by atoms with Crippen molar-refractivity contribution in [1.29, 1.82) is 0 Å². The zero-order chi connectivity index (χ0) is 17.8. The molecule has 0 aliphatic heterocycles. The lowest BCUT2D eigenvalue weighted by atomic mass is 10.0. The van der Waals surface area contributed by atoms with Crippen LogP contribution in [0.2, 0.25) is 0 Å². The third kappa shape index (κ3) is 5.10. The lowest BCUT2D eigenvalue weighted by Gasteiger charge is -2.30. The second-order valence-corrected chi connectivity index (χ2v) is 4.95. The molecular weight excluding hydrogens is 315 g/mol. The summed E-state index contributed by atoms with van der Waals surface area (Å²) >= 11 is 0. The first kappa shape index (κ1) is 18.7. The molecule has 0 aromatic carbocycles. The van der Waals surface area contributed by atoms with Crippen molar-refractivity contribution in [3.63, 3.8) is 0 Å². The molecule has 1 rings (SSSR count). The van der Waals surface area contributed by atoms with Crippen LogP contribution in [-0.4, -0.2) is 39.9 Å². The average Bonchev–Trinajstić information content (AvgIpc) is 2.58. The Bertz CT molecular complexity index is 592. The number of allylic oxidation sites excluding steroid dienone is 3. The normalized spacial score (nSPS) is 22.0. The Morgan fingerprint density at radius 2 is 2.04 bits per heavy atom. The summed E-state index contributed by atoms with van der Waals surface area (Å²) in [6, 6.07) is -1.30. The number of carbonyl (C=O) groups excluding carboxylic acids is 1. The fourth-order valence-electron chi connectivity index (χ4n) is 2.00. The van der Waals surface area contributed by atoms with Crippen LogP contribution in [0.25, 0.3) is 0 Å². The largest absolute Gasteiger partial charge is 0.523 e. The third-order valence-electron chi connectivity index (χ3n) is 3.01. The first-order chi connectivity index (χ1) is 10.5. The molecule has 8 heteroatoms. The van der Waals surface area contributed by atoms with E-state index in [4.69, 9.17) is 5.11 Å². The monoisotopic (exact) mass is 331 g/mol. The molecule has 1 aliphatic rings. The van der Waals surface area contributed by atoms with E-state index in [0.29, 0.717) is 0 Å². The van der Waals surface area contributed by atoms with Gasteiger partial charge in [-0.25, -0.2) is 4.79 Å². The first-order valence-corrected chi connectivity index (χ1v) is 6.53. The van der Waals surface area contributed by atoms with E-state index >= 15 is 0 Å². The van der Waals surface area contributed by atoms with Crippen LogP contribution in [0.1, 0.15) is 13.8 Å². The van der Waals surface area contributed by atoms with Crippen molar-refractivity contribution < 1.29 is 32.6 Å². The number of hydrogen-bond donors (Lipinski definition) is 1. The second-order valence-electron chi connectivity index (χ2n) is 4.95. The number of nitrogens with zero attached hydrogens (tertiary/aromatic N) is 1. The number of rotatable bonds is 5. The fraction of sp³-hybridized carbons (Fsp3) is 0.333. The molecule has 5 nitrogen and oxygen atoms in total. The molecule has 2 atom stereocenters. The zero-order valence-electron chi connectivity index (χ0n) is 12.5. The summed E-state index contributed by atoms with van der Waals surface area (Å²) in [5.74, 6) is -2.07. The Hall–Kier alpha value is -2.35. The topological polar surface area (TPSA) is 66.8 Å². The molecule has 0 saturated heterocycles. The lowest BCUT2D eigenvalue weighted by Crippen LogP contribution is -2.42. The highest BCUT2D eigenvalue weighted by molar-refractivity contribution is 5.92. The number of amides is 1. The van der Waals surface area contributed by atoms with Crippen molar-refractivity contribution in [2.75, 3.05) is 0 Å². The zero-order valence-corrected chi connectivity index (χ0v) is 12.5. The van der Waals surface area contributed by atoms with Gasteiger partial charge in [-0.2, -0.15) is 0 Å². The summed E-state index contributed by atoms with van der Waals surface area (Å²) in [5.41, 5.74) is -1.93. The molecule has 0 heterocycles. The molecule has 1 amide bonds. The number of carboxylic acids is 1. The Morgan fingerprint density at radius 3 is 2.52 bits per heavy atom. The predicted molar refractivity (Wildman–Crippen MR) is 76.0 cm³/mol. The van der Waals surface area contributed by atoms with Crippen LogP contribution in [-0.2, 0) is 14.3 Å². The molecule has 23 heavy (non-hydrogen) atoms. The molecule has 0 aromatic heterocycles. The van der Waals surface area contributed by atoms with Gasteiger partial charge in [0.2, 0.25) is 0 Å². The summed E-state index contributed by atoms with van der Waals surface area (Å²) in [6.45, 7) is 5.65. The highest BCUT2D eigenvalue weighted by Crippen LogP contribution is 2.30. The van der Waals surface area contributed by atoms with Crippen molar-refractivity contribution in [2.24, 2.45) is 0 Å². The highest BCUT2D eigenvalue weighted by Gasteiger charge is 2.39. The lowest BCUT2D eigenvalue weighted by molar-refractivity contribution is -0.347. The molecule has 0 fully saturated rings. The van der Waals surface area contributed by atoms with E-state index in [0.717, 1.165) is 30.1 Å². The van der Waals surface area contributed by atoms with Gasteiger partial charge in [0.25, 0.3) is 5.91 Å². The summed E-state index contributed by atoms with van der Waals surface area (Å²) in [6.07, 6.45) is 2.17. The molecule has 0 saturated carbocycles. The molecule has 0 spiro atoms. The smallest absolute Gasteiger partial charge is 0.480 e. The van der Waals surface area contributed by atoms with Gasteiger partial charge >= 0.3 is 12.3 Å². The summed E-state index contributed by atoms with van der Waals surface area (Å²) in [5, 5.41) is 9.11. The van der Waals surface area contributed by atoms with Crippen molar-refractivity contribution >= 4 is 11.9 Å². The van der Waals surface area contributed by atoms with Gasteiger partial charge in [0.05, 0.1) is 0 Å².